The predicted octanol–water partition coefficient (Wildman–Crippen LogP) is 1.22. The molecule has 0 bridgehead atoms. The van der Waals surface area contributed by atoms with E-state index >= 15 is 0 Å². The van der Waals surface area contributed by atoms with Gasteiger partial charge in [0.05, 0.1) is 18.7 Å². The molecular weight excluding hydrogens is 309 g/mol. The van der Waals surface area contributed by atoms with Crippen LogP contribution in [0.5, 0.6) is 0 Å². The van der Waals surface area contributed by atoms with Crippen molar-refractivity contribution in [1.82, 2.24) is 14.7 Å². The van der Waals surface area contributed by atoms with Gasteiger partial charge in [0, 0.05) is 25.9 Å². The molecule has 10 heteroatoms. The fraction of sp³-hybridized carbons (Fsp3) is 0.636. The highest BCUT2D eigenvalue weighted by molar-refractivity contribution is 7.89. The molecule has 1 heterocycles. The van der Waals surface area contributed by atoms with Gasteiger partial charge in [-0.15, -0.1) is 0 Å². The molecule has 0 spiro atoms. The first-order valence-corrected chi connectivity index (χ1v) is 7.70. The first-order valence-electron chi connectivity index (χ1n) is 6.04. The number of hydrogen-bond donors (Lipinski definition) is 1. The molecule has 0 saturated carbocycles. The van der Waals surface area contributed by atoms with Gasteiger partial charge in [0.15, 0.2) is 0 Å². The van der Waals surface area contributed by atoms with Crippen LogP contribution in [-0.4, -0.2) is 44.4 Å². The van der Waals surface area contributed by atoms with Gasteiger partial charge in [-0.25, -0.2) is 23.1 Å². The Bertz CT molecular complexity index is 588. The molecule has 120 valence electrons. The lowest BCUT2D eigenvalue weighted by Gasteiger charge is -2.13. The summed E-state index contributed by atoms with van der Waals surface area (Å²) in [6.07, 6.45) is -5.90. The average Bonchev–Trinajstić information content (AvgIpc) is 2.33. The van der Waals surface area contributed by atoms with Crippen molar-refractivity contribution in [3.05, 3.63) is 17.6 Å². The van der Waals surface area contributed by atoms with Crippen LogP contribution in [0.25, 0.3) is 0 Å². The highest BCUT2D eigenvalue weighted by atomic mass is 32.2. The van der Waals surface area contributed by atoms with Crippen molar-refractivity contribution >= 4 is 15.8 Å². The molecule has 1 aromatic heterocycles. The SMILES string of the molecule is Cc1cc(N(C)C)nc(CNS(=O)(=O)CCC(F)(F)F)n1. The van der Waals surface area contributed by atoms with Crippen LogP contribution in [0, 0.1) is 6.92 Å². The second-order valence-electron chi connectivity index (χ2n) is 4.68. The number of nitrogens with one attached hydrogen (secondary N) is 1. The third kappa shape index (κ3) is 6.71. The van der Waals surface area contributed by atoms with Crippen LogP contribution in [0.3, 0.4) is 0 Å². The number of alkyl halides is 3. The summed E-state index contributed by atoms with van der Waals surface area (Å²) in [4.78, 5) is 9.87. The van der Waals surface area contributed by atoms with Crippen LogP contribution < -0.4 is 9.62 Å². The summed E-state index contributed by atoms with van der Waals surface area (Å²) in [6.45, 7) is 1.47. The van der Waals surface area contributed by atoms with Gasteiger partial charge in [0.2, 0.25) is 10.0 Å². The second-order valence-corrected chi connectivity index (χ2v) is 6.61. The van der Waals surface area contributed by atoms with E-state index < -0.39 is 28.4 Å². The standard InChI is InChI=1S/C11H17F3N4O2S/c1-8-6-10(18(2)3)17-9(16-8)7-15-21(19,20)5-4-11(12,13)14/h6,15H,4-5,7H2,1-3H3. The molecule has 0 fully saturated rings. The summed E-state index contributed by atoms with van der Waals surface area (Å²) in [6, 6.07) is 1.71. The van der Waals surface area contributed by atoms with Crippen LogP contribution in [0.1, 0.15) is 17.9 Å². The maximum absolute atomic E-state index is 12.0. The molecule has 0 aromatic carbocycles. The summed E-state index contributed by atoms with van der Waals surface area (Å²) in [5.41, 5.74) is 0.637. The van der Waals surface area contributed by atoms with Crippen molar-refractivity contribution < 1.29 is 21.6 Å². The monoisotopic (exact) mass is 326 g/mol. The second kappa shape index (κ2) is 6.56. The molecule has 0 radical (unpaired) electrons. The molecule has 1 N–H and O–H groups in total. The lowest BCUT2D eigenvalue weighted by molar-refractivity contribution is -0.129. The Morgan fingerprint density at radius 1 is 1.29 bits per heavy atom. The molecule has 0 aliphatic carbocycles. The van der Waals surface area contributed by atoms with Gasteiger partial charge in [0.1, 0.15) is 11.6 Å². The number of sulfonamides is 1. The van der Waals surface area contributed by atoms with E-state index in [1.807, 2.05) is 0 Å². The maximum atomic E-state index is 12.0. The normalized spacial score (nSPS) is 12.5. The smallest absolute Gasteiger partial charge is 0.363 e. The Labute approximate surface area is 121 Å². The lowest BCUT2D eigenvalue weighted by Crippen LogP contribution is -2.29. The minimum Gasteiger partial charge on any atom is -0.363 e. The number of nitrogens with zero attached hydrogens (tertiary/aromatic N) is 3. The van der Waals surface area contributed by atoms with Crippen LogP contribution in [0.4, 0.5) is 19.0 Å². The average molecular weight is 326 g/mol. The van der Waals surface area contributed by atoms with E-state index in [1.54, 1.807) is 32.0 Å². The molecule has 0 atom stereocenters. The first kappa shape index (κ1) is 17.6. The van der Waals surface area contributed by atoms with E-state index in [9.17, 15) is 21.6 Å². The fourth-order valence-electron chi connectivity index (χ4n) is 1.42. The number of hydrogen-bond acceptors (Lipinski definition) is 5. The number of aryl methyl sites for hydroxylation is 1. The summed E-state index contributed by atoms with van der Waals surface area (Å²) >= 11 is 0. The minimum atomic E-state index is -4.51. The van der Waals surface area contributed by atoms with E-state index in [0.717, 1.165) is 0 Å². The number of anilines is 1. The van der Waals surface area contributed by atoms with Crippen LogP contribution >= 0.6 is 0 Å². The molecule has 6 nitrogen and oxygen atoms in total. The zero-order valence-electron chi connectivity index (χ0n) is 11.9. The molecule has 0 aliphatic heterocycles. The molecule has 1 rings (SSSR count). The van der Waals surface area contributed by atoms with E-state index in [-0.39, 0.29) is 12.4 Å². The summed E-state index contributed by atoms with van der Waals surface area (Å²) < 4.78 is 61.1. The number of aromatic nitrogens is 2. The number of halogens is 3. The number of rotatable bonds is 6. The third-order valence-corrected chi connectivity index (χ3v) is 3.78. The minimum absolute atomic E-state index is 0.203. The van der Waals surface area contributed by atoms with Crippen molar-refractivity contribution in [3.63, 3.8) is 0 Å². The topological polar surface area (TPSA) is 75.2 Å². The fourth-order valence-corrected chi connectivity index (χ4v) is 2.41. The zero-order chi connectivity index (χ0) is 16.3. The Morgan fingerprint density at radius 2 is 1.90 bits per heavy atom. The first-order chi connectivity index (χ1) is 9.48. The molecule has 0 aliphatic rings. The molecule has 1 aromatic rings. The predicted molar refractivity (Wildman–Crippen MR) is 72.4 cm³/mol. The quantitative estimate of drug-likeness (QED) is 0.851. The Hall–Kier alpha value is -1.42. The van der Waals surface area contributed by atoms with Gasteiger partial charge in [-0.2, -0.15) is 13.2 Å². The largest absolute Gasteiger partial charge is 0.390 e. The summed E-state index contributed by atoms with van der Waals surface area (Å²) in [5, 5.41) is 0. The molecule has 21 heavy (non-hydrogen) atoms. The molecule has 0 saturated heterocycles. The molecular formula is C11H17F3N4O2S. The van der Waals surface area contributed by atoms with Crippen LogP contribution in [0.15, 0.2) is 6.07 Å². The van der Waals surface area contributed by atoms with Crippen molar-refractivity contribution in [3.8, 4) is 0 Å². The molecule has 0 unspecified atom stereocenters. The van der Waals surface area contributed by atoms with Gasteiger partial charge in [0.25, 0.3) is 0 Å². The van der Waals surface area contributed by atoms with Crippen LogP contribution in [-0.2, 0) is 16.6 Å². The van der Waals surface area contributed by atoms with Crippen LogP contribution in [0.2, 0.25) is 0 Å². The highest BCUT2D eigenvalue weighted by Crippen LogP contribution is 2.19. The molecule has 0 amide bonds. The Morgan fingerprint density at radius 3 is 2.43 bits per heavy atom. The Kier molecular flexibility index (Phi) is 5.51. The summed E-state index contributed by atoms with van der Waals surface area (Å²) in [7, 11) is -0.497. The summed E-state index contributed by atoms with van der Waals surface area (Å²) in [5.74, 6) is -0.218. The van der Waals surface area contributed by atoms with Crippen molar-refractivity contribution in [1.29, 1.82) is 0 Å². The van der Waals surface area contributed by atoms with Gasteiger partial charge in [-0.05, 0) is 6.92 Å². The van der Waals surface area contributed by atoms with Crippen molar-refractivity contribution in [2.24, 2.45) is 0 Å². The van der Waals surface area contributed by atoms with Gasteiger partial charge < -0.3 is 4.90 Å². The zero-order valence-corrected chi connectivity index (χ0v) is 12.7. The van der Waals surface area contributed by atoms with Crippen molar-refractivity contribution in [2.75, 3.05) is 24.7 Å². The van der Waals surface area contributed by atoms with Gasteiger partial charge >= 0.3 is 6.18 Å². The van der Waals surface area contributed by atoms with Gasteiger partial charge in [-0.1, -0.05) is 0 Å². The van der Waals surface area contributed by atoms with E-state index in [2.05, 4.69) is 14.7 Å². The van der Waals surface area contributed by atoms with Gasteiger partial charge in [-0.3, -0.25) is 0 Å². The Balaban J connectivity index is 2.70. The third-order valence-electron chi connectivity index (χ3n) is 2.45. The maximum Gasteiger partial charge on any atom is 0.390 e. The van der Waals surface area contributed by atoms with E-state index in [0.29, 0.717) is 11.5 Å². The highest BCUT2D eigenvalue weighted by Gasteiger charge is 2.29. The lowest BCUT2D eigenvalue weighted by atomic mass is 10.4. The van der Waals surface area contributed by atoms with Crippen molar-refractivity contribution in [2.45, 2.75) is 26.1 Å². The van der Waals surface area contributed by atoms with E-state index in [4.69, 9.17) is 0 Å². The van der Waals surface area contributed by atoms with E-state index in [1.165, 1.54) is 0 Å².